The maximum absolute atomic E-state index is 12.2. The average Bonchev–Trinajstić information content (AvgIpc) is 2.48. The number of hydrogen-bond acceptors (Lipinski definition) is 4. The first kappa shape index (κ1) is 13.9. The Bertz CT molecular complexity index is 565. The van der Waals surface area contributed by atoms with Crippen molar-refractivity contribution in [3.05, 3.63) is 29.8 Å². The zero-order valence-electron chi connectivity index (χ0n) is 12.0. The Morgan fingerprint density at radius 1 is 1.29 bits per heavy atom. The van der Waals surface area contributed by atoms with Crippen LogP contribution in [0, 0.1) is 0 Å². The normalized spacial score (nSPS) is 19.7. The van der Waals surface area contributed by atoms with Gasteiger partial charge in [0.25, 0.3) is 5.91 Å². The van der Waals surface area contributed by atoms with Crippen molar-refractivity contribution in [3.8, 4) is 0 Å². The van der Waals surface area contributed by atoms with E-state index in [1.807, 2.05) is 24.3 Å². The van der Waals surface area contributed by atoms with Gasteiger partial charge in [-0.3, -0.25) is 9.59 Å². The van der Waals surface area contributed by atoms with Crippen LogP contribution in [-0.2, 0) is 9.53 Å². The van der Waals surface area contributed by atoms with Gasteiger partial charge in [0, 0.05) is 38.7 Å². The standard InChI is InChI=1S/C15H19N3O3/c1-21-10-13(19)18-8-6-15(7-9-18)16-12-5-3-2-4-11(12)14(20)17-15/h2-5,16H,6-10H2,1H3,(H,17,20). The van der Waals surface area contributed by atoms with Gasteiger partial charge in [-0.15, -0.1) is 0 Å². The van der Waals surface area contributed by atoms with Gasteiger partial charge in [-0.05, 0) is 12.1 Å². The van der Waals surface area contributed by atoms with Crippen molar-refractivity contribution in [2.45, 2.75) is 18.5 Å². The fraction of sp³-hybridized carbons (Fsp3) is 0.467. The molecule has 2 aliphatic rings. The van der Waals surface area contributed by atoms with Crippen LogP contribution >= 0.6 is 0 Å². The van der Waals surface area contributed by atoms with Crippen LogP contribution in [0.15, 0.2) is 24.3 Å². The van der Waals surface area contributed by atoms with Gasteiger partial charge in [0.2, 0.25) is 5.91 Å². The Kier molecular flexibility index (Phi) is 3.55. The van der Waals surface area contributed by atoms with Gasteiger partial charge in [-0.2, -0.15) is 0 Å². The maximum Gasteiger partial charge on any atom is 0.255 e. The fourth-order valence-electron chi connectivity index (χ4n) is 2.97. The second kappa shape index (κ2) is 5.37. The maximum atomic E-state index is 12.2. The Labute approximate surface area is 123 Å². The van der Waals surface area contributed by atoms with Crippen LogP contribution in [0.2, 0.25) is 0 Å². The summed E-state index contributed by atoms with van der Waals surface area (Å²) in [4.78, 5) is 25.8. The molecule has 1 saturated heterocycles. The molecule has 2 heterocycles. The van der Waals surface area contributed by atoms with Crippen molar-refractivity contribution < 1.29 is 14.3 Å². The number of methoxy groups -OCH3 is 1. The summed E-state index contributed by atoms with van der Waals surface area (Å²) in [5.41, 5.74) is 1.08. The molecule has 1 aromatic carbocycles. The number of anilines is 1. The van der Waals surface area contributed by atoms with Crippen LogP contribution in [0.1, 0.15) is 23.2 Å². The Hall–Kier alpha value is -2.08. The quantitative estimate of drug-likeness (QED) is 0.845. The van der Waals surface area contributed by atoms with Crippen molar-refractivity contribution in [1.29, 1.82) is 0 Å². The number of nitrogens with one attached hydrogen (secondary N) is 2. The van der Waals surface area contributed by atoms with Gasteiger partial charge < -0.3 is 20.3 Å². The van der Waals surface area contributed by atoms with E-state index in [9.17, 15) is 9.59 Å². The highest BCUT2D eigenvalue weighted by Crippen LogP contribution is 2.31. The topological polar surface area (TPSA) is 70.7 Å². The lowest BCUT2D eigenvalue weighted by molar-refractivity contribution is -0.136. The Morgan fingerprint density at radius 2 is 2.00 bits per heavy atom. The minimum Gasteiger partial charge on any atom is -0.375 e. The molecule has 2 N–H and O–H groups in total. The molecule has 0 aliphatic carbocycles. The van der Waals surface area contributed by atoms with Crippen molar-refractivity contribution in [3.63, 3.8) is 0 Å². The van der Waals surface area contributed by atoms with E-state index >= 15 is 0 Å². The second-order valence-corrected chi connectivity index (χ2v) is 5.52. The van der Waals surface area contributed by atoms with Gasteiger partial charge in [0.05, 0.1) is 5.56 Å². The van der Waals surface area contributed by atoms with E-state index in [1.165, 1.54) is 7.11 Å². The van der Waals surface area contributed by atoms with E-state index < -0.39 is 5.66 Å². The number of nitrogens with zero attached hydrogens (tertiary/aromatic N) is 1. The minimum absolute atomic E-state index is 0.00474. The van der Waals surface area contributed by atoms with E-state index in [1.54, 1.807) is 4.90 Å². The third kappa shape index (κ3) is 2.58. The lowest BCUT2D eigenvalue weighted by Crippen LogP contribution is -2.62. The number of amides is 2. The van der Waals surface area contributed by atoms with E-state index in [4.69, 9.17) is 4.74 Å². The largest absolute Gasteiger partial charge is 0.375 e. The number of carbonyl (C=O) groups is 2. The molecule has 1 spiro atoms. The van der Waals surface area contributed by atoms with Crippen LogP contribution in [0.5, 0.6) is 0 Å². The fourth-order valence-corrected chi connectivity index (χ4v) is 2.97. The summed E-state index contributed by atoms with van der Waals surface area (Å²) in [5.74, 6) is -0.0593. The third-order valence-electron chi connectivity index (χ3n) is 4.14. The molecule has 6 nitrogen and oxygen atoms in total. The van der Waals surface area contributed by atoms with Gasteiger partial charge >= 0.3 is 0 Å². The molecule has 0 saturated carbocycles. The molecule has 21 heavy (non-hydrogen) atoms. The highest BCUT2D eigenvalue weighted by Gasteiger charge is 2.40. The molecule has 6 heteroatoms. The summed E-state index contributed by atoms with van der Waals surface area (Å²) in [7, 11) is 1.52. The first-order chi connectivity index (χ1) is 10.1. The van der Waals surface area contributed by atoms with Crippen molar-refractivity contribution in [1.82, 2.24) is 10.2 Å². The van der Waals surface area contributed by atoms with Gasteiger partial charge in [-0.25, -0.2) is 0 Å². The van der Waals surface area contributed by atoms with Crippen LogP contribution in [0.3, 0.4) is 0 Å². The number of carbonyl (C=O) groups excluding carboxylic acids is 2. The molecular formula is C15H19N3O3. The summed E-state index contributed by atoms with van der Waals surface area (Å²) >= 11 is 0. The number of likely N-dealkylation sites (tertiary alicyclic amines) is 1. The monoisotopic (exact) mass is 289 g/mol. The summed E-state index contributed by atoms with van der Waals surface area (Å²) < 4.78 is 4.88. The number of fused-ring (bicyclic) bond motifs is 1. The van der Waals surface area contributed by atoms with Crippen molar-refractivity contribution >= 4 is 17.5 Å². The molecule has 0 bridgehead atoms. The number of benzene rings is 1. The van der Waals surface area contributed by atoms with Crippen molar-refractivity contribution in [2.75, 3.05) is 32.1 Å². The van der Waals surface area contributed by atoms with E-state index in [-0.39, 0.29) is 18.4 Å². The molecule has 112 valence electrons. The summed E-state index contributed by atoms with van der Waals surface area (Å²) in [6, 6.07) is 7.49. The SMILES string of the molecule is COCC(=O)N1CCC2(CC1)NC(=O)c1ccccc1N2. The van der Waals surface area contributed by atoms with Crippen LogP contribution < -0.4 is 10.6 Å². The molecule has 3 rings (SSSR count). The molecule has 0 aromatic heterocycles. The summed E-state index contributed by atoms with van der Waals surface area (Å²) in [6.07, 6.45) is 1.37. The zero-order chi connectivity index (χ0) is 14.9. The molecule has 2 amide bonds. The first-order valence-electron chi connectivity index (χ1n) is 7.10. The first-order valence-corrected chi connectivity index (χ1v) is 7.10. The van der Waals surface area contributed by atoms with E-state index in [0.29, 0.717) is 31.5 Å². The molecule has 2 aliphatic heterocycles. The third-order valence-corrected chi connectivity index (χ3v) is 4.14. The minimum atomic E-state index is -0.449. The highest BCUT2D eigenvalue weighted by atomic mass is 16.5. The number of ether oxygens (including phenoxy) is 1. The molecule has 1 fully saturated rings. The Balaban J connectivity index is 1.72. The van der Waals surface area contributed by atoms with Gasteiger partial charge in [0.15, 0.2) is 0 Å². The molecule has 1 aromatic rings. The molecule has 0 unspecified atom stereocenters. The number of piperidine rings is 1. The molecular weight excluding hydrogens is 270 g/mol. The predicted molar refractivity (Wildman–Crippen MR) is 78.0 cm³/mol. The van der Waals surface area contributed by atoms with Gasteiger partial charge in [0.1, 0.15) is 12.3 Å². The second-order valence-electron chi connectivity index (χ2n) is 5.52. The lowest BCUT2D eigenvalue weighted by Gasteiger charge is -2.45. The van der Waals surface area contributed by atoms with E-state index in [0.717, 1.165) is 5.69 Å². The Morgan fingerprint density at radius 3 is 2.71 bits per heavy atom. The van der Waals surface area contributed by atoms with Crippen LogP contribution in [0.25, 0.3) is 0 Å². The smallest absolute Gasteiger partial charge is 0.255 e. The van der Waals surface area contributed by atoms with Crippen LogP contribution in [0.4, 0.5) is 5.69 Å². The van der Waals surface area contributed by atoms with Crippen molar-refractivity contribution in [2.24, 2.45) is 0 Å². The number of hydrogen-bond donors (Lipinski definition) is 2. The summed E-state index contributed by atoms with van der Waals surface area (Å²) in [6.45, 7) is 1.32. The van der Waals surface area contributed by atoms with E-state index in [2.05, 4.69) is 10.6 Å². The highest BCUT2D eigenvalue weighted by molar-refractivity contribution is 6.02. The zero-order valence-corrected chi connectivity index (χ0v) is 12.0. The number of rotatable bonds is 2. The summed E-state index contributed by atoms with van der Waals surface area (Å²) in [5, 5.41) is 6.49. The molecule has 0 radical (unpaired) electrons. The number of para-hydroxylation sites is 1. The average molecular weight is 289 g/mol. The van der Waals surface area contributed by atoms with Crippen LogP contribution in [-0.4, -0.2) is 49.2 Å². The lowest BCUT2D eigenvalue weighted by atomic mass is 9.92. The molecule has 0 atom stereocenters. The van der Waals surface area contributed by atoms with Gasteiger partial charge in [-0.1, -0.05) is 12.1 Å². The predicted octanol–water partition coefficient (Wildman–Crippen LogP) is 0.807.